The van der Waals surface area contributed by atoms with Gasteiger partial charge in [-0.15, -0.1) is 11.3 Å². The molecule has 0 saturated heterocycles. The van der Waals surface area contributed by atoms with E-state index in [1.54, 1.807) is 11.3 Å². The minimum Gasteiger partial charge on any atom is -0.490 e. The van der Waals surface area contributed by atoms with Crippen molar-refractivity contribution in [2.45, 2.75) is 19.5 Å². The zero-order chi connectivity index (χ0) is 14.7. The van der Waals surface area contributed by atoms with Crippen molar-refractivity contribution < 1.29 is 9.47 Å². The maximum absolute atomic E-state index is 5.93. The maximum Gasteiger partial charge on any atom is 0.175 e. The molecular weight excluding hydrogens is 374 g/mol. The predicted octanol–water partition coefficient (Wildman–Crippen LogP) is 4.62. The van der Waals surface area contributed by atoms with Gasteiger partial charge in [0.25, 0.3) is 0 Å². The highest BCUT2D eigenvalue weighted by Gasteiger charge is 2.15. The fourth-order valence-corrected chi connectivity index (χ4v) is 3.82. The molecule has 21 heavy (non-hydrogen) atoms. The van der Waals surface area contributed by atoms with Crippen LogP contribution >= 0.6 is 38.9 Å². The number of hydrogen-bond donors (Lipinski definition) is 1. The first-order chi connectivity index (χ1) is 10.2. The molecule has 0 spiro atoms. The molecule has 0 aliphatic carbocycles. The van der Waals surface area contributed by atoms with Crippen molar-refractivity contribution in [2.75, 3.05) is 13.2 Å². The van der Waals surface area contributed by atoms with Gasteiger partial charge in [0.15, 0.2) is 11.5 Å². The number of ether oxygens (including phenoxy) is 2. The molecule has 1 aliphatic heterocycles. The SMILES string of the molecule is Clc1ccc(CNCc2cc(Br)c3c(c2)OCCCO3)s1. The van der Waals surface area contributed by atoms with Crippen LogP contribution in [0.1, 0.15) is 16.9 Å². The van der Waals surface area contributed by atoms with Crippen LogP contribution in [-0.2, 0) is 13.1 Å². The Balaban J connectivity index is 1.65. The Hall–Kier alpha value is -0.750. The van der Waals surface area contributed by atoms with Gasteiger partial charge in [-0.1, -0.05) is 11.6 Å². The van der Waals surface area contributed by atoms with E-state index in [2.05, 4.69) is 27.3 Å². The zero-order valence-electron chi connectivity index (χ0n) is 11.3. The number of thiophene rings is 1. The van der Waals surface area contributed by atoms with Crippen LogP contribution in [0.2, 0.25) is 4.34 Å². The second kappa shape index (κ2) is 7.01. The molecule has 3 rings (SSSR count). The molecule has 2 heterocycles. The van der Waals surface area contributed by atoms with Crippen molar-refractivity contribution in [3.05, 3.63) is 43.5 Å². The summed E-state index contributed by atoms with van der Waals surface area (Å²) < 4.78 is 13.2. The summed E-state index contributed by atoms with van der Waals surface area (Å²) in [5, 5.41) is 3.42. The van der Waals surface area contributed by atoms with Crippen molar-refractivity contribution in [3.63, 3.8) is 0 Å². The Labute approximate surface area is 141 Å². The number of benzene rings is 1. The minimum atomic E-state index is 0.697. The molecule has 1 aliphatic rings. The van der Waals surface area contributed by atoms with E-state index in [-0.39, 0.29) is 0 Å². The molecule has 1 aromatic carbocycles. The molecular formula is C15H15BrClNO2S. The van der Waals surface area contributed by atoms with Gasteiger partial charge < -0.3 is 14.8 Å². The number of nitrogens with one attached hydrogen (secondary N) is 1. The molecule has 6 heteroatoms. The number of rotatable bonds is 4. The van der Waals surface area contributed by atoms with Gasteiger partial charge in [-0.05, 0) is 45.8 Å². The Morgan fingerprint density at radius 2 is 2.05 bits per heavy atom. The Morgan fingerprint density at radius 3 is 2.86 bits per heavy atom. The molecule has 0 radical (unpaired) electrons. The lowest BCUT2D eigenvalue weighted by molar-refractivity contribution is 0.296. The van der Waals surface area contributed by atoms with E-state index in [4.69, 9.17) is 21.1 Å². The maximum atomic E-state index is 5.93. The third-order valence-corrected chi connectivity index (χ3v) is 4.94. The van der Waals surface area contributed by atoms with Crippen LogP contribution < -0.4 is 14.8 Å². The number of fused-ring (bicyclic) bond motifs is 1. The molecule has 1 aromatic heterocycles. The van der Waals surface area contributed by atoms with E-state index in [0.29, 0.717) is 13.2 Å². The highest BCUT2D eigenvalue weighted by Crippen LogP contribution is 2.38. The monoisotopic (exact) mass is 387 g/mol. The van der Waals surface area contributed by atoms with E-state index in [9.17, 15) is 0 Å². The fraction of sp³-hybridized carbons (Fsp3) is 0.333. The van der Waals surface area contributed by atoms with Crippen LogP contribution in [0.5, 0.6) is 11.5 Å². The van der Waals surface area contributed by atoms with Crippen molar-refractivity contribution >= 4 is 38.9 Å². The first kappa shape index (κ1) is 15.2. The highest BCUT2D eigenvalue weighted by molar-refractivity contribution is 9.10. The molecule has 1 N–H and O–H groups in total. The normalized spacial score (nSPS) is 14.0. The smallest absolute Gasteiger partial charge is 0.175 e. The summed E-state index contributed by atoms with van der Waals surface area (Å²) in [4.78, 5) is 1.23. The molecule has 0 fully saturated rings. The average molecular weight is 389 g/mol. The van der Waals surface area contributed by atoms with E-state index in [1.807, 2.05) is 18.2 Å². The average Bonchev–Trinajstić information content (AvgIpc) is 2.73. The van der Waals surface area contributed by atoms with E-state index < -0.39 is 0 Å². The number of hydrogen-bond acceptors (Lipinski definition) is 4. The van der Waals surface area contributed by atoms with Crippen LogP contribution in [0, 0.1) is 0 Å². The van der Waals surface area contributed by atoms with Crippen LogP contribution in [0.25, 0.3) is 0 Å². The zero-order valence-corrected chi connectivity index (χ0v) is 14.5. The molecule has 0 saturated carbocycles. The third-order valence-electron chi connectivity index (χ3n) is 3.12. The Kier molecular flexibility index (Phi) is 5.06. The van der Waals surface area contributed by atoms with Gasteiger partial charge in [0.2, 0.25) is 0 Å². The van der Waals surface area contributed by atoms with Crippen molar-refractivity contribution in [2.24, 2.45) is 0 Å². The Morgan fingerprint density at radius 1 is 1.19 bits per heavy atom. The summed E-state index contributed by atoms with van der Waals surface area (Å²) >= 11 is 11.1. The summed E-state index contributed by atoms with van der Waals surface area (Å²) in [5.74, 6) is 1.62. The van der Waals surface area contributed by atoms with E-state index in [0.717, 1.165) is 45.4 Å². The van der Waals surface area contributed by atoms with Crippen LogP contribution in [0.15, 0.2) is 28.7 Å². The van der Waals surface area contributed by atoms with Gasteiger partial charge in [-0.3, -0.25) is 0 Å². The third kappa shape index (κ3) is 3.92. The molecule has 0 amide bonds. The van der Waals surface area contributed by atoms with Crippen LogP contribution in [-0.4, -0.2) is 13.2 Å². The van der Waals surface area contributed by atoms with E-state index in [1.165, 1.54) is 4.88 Å². The van der Waals surface area contributed by atoms with Gasteiger partial charge in [-0.25, -0.2) is 0 Å². The van der Waals surface area contributed by atoms with Gasteiger partial charge in [0.05, 0.1) is 22.0 Å². The molecule has 0 unspecified atom stereocenters. The highest BCUT2D eigenvalue weighted by atomic mass is 79.9. The molecule has 112 valence electrons. The van der Waals surface area contributed by atoms with Gasteiger partial charge in [0, 0.05) is 24.4 Å². The van der Waals surface area contributed by atoms with Gasteiger partial charge in [0.1, 0.15) is 0 Å². The Bertz CT molecular complexity index is 632. The topological polar surface area (TPSA) is 30.5 Å². The lowest BCUT2D eigenvalue weighted by atomic mass is 10.2. The van der Waals surface area contributed by atoms with Crippen LogP contribution in [0.3, 0.4) is 0 Å². The van der Waals surface area contributed by atoms with Crippen molar-refractivity contribution in [1.82, 2.24) is 5.32 Å². The summed E-state index contributed by atoms with van der Waals surface area (Å²) in [7, 11) is 0. The largest absolute Gasteiger partial charge is 0.490 e. The van der Waals surface area contributed by atoms with Crippen molar-refractivity contribution in [1.29, 1.82) is 0 Å². The second-order valence-electron chi connectivity index (χ2n) is 4.76. The summed E-state index contributed by atoms with van der Waals surface area (Å²) in [5.41, 5.74) is 1.16. The predicted molar refractivity (Wildman–Crippen MR) is 89.6 cm³/mol. The quantitative estimate of drug-likeness (QED) is 0.829. The lowest BCUT2D eigenvalue weighted by Crippen LogP contribution is -2.12. The molecule has 3 nitrogen and oxygen atoms in total. The molecule has 2 aromatic rings. The fourth-order valence-electron chi connectivity index (χ4n) is 2.16. The molecule has 0 atom stereocenters. The lowest BCUT2D eigenvalue weighted by Gasteiger charge is -2.12. The molecule has 0 bridgehead atoms. The first-order valence-corrected chi connectivity index (χ1v) is 8.74. The van der Waals surface area contributed by atoms with Crippen LogP contribution in [0.4, 0.5) is 0 Å². The summed E-state index contributed by atoms with van der Waals surface area (Å²) in [6.07, 6.45) is 0.911. The standard InChI is InChI=1S/C15H15BrClNO2S/c16-12-6-10(7-13-15(12)20-5-1-4-19-13)8-18-9-11-2-3-14(17)21-11/h2-3,6-7,18H,1,4-5,8-9H2. The van der Waals surface area contributed by atoms with Gasteiger partial charge >= 0.3 is 0 Å². The minimum absolute atomic E-state index is 0.697. The van der Waals surface area contributed by atoms with Gasteiger partial charge in [-0.2, -0.15) is 0 Å². The summed E-state index contributed by atoms with van der Waals surface area (Å²) in [6.45, 7) is 2.97. The van der Waals surface area contributed by atoms with E-state index >= 15 is 0 Å². The second-order valence-corrected chi connectivity index (χ2v) is 7.42. The van der Waals surface area contributed by atoms with Crippen molar-refractivity contribution in [3.8, 4) is 11.5 Å². The number of halogens is 2. The first-order valence-electron chi connectivity index (χ1n) is 6.75. The summed E-state index contributed by atoms with van der Waals surface area (Å²) in [6, 6.07) is 8.08.